The summed E-state index contributed by atoms with van der Waals surface area (Å²) in [6.07, 6.45) is 0. The smallest absolute Gasteiger partial charge is 0.357 e. The fourth-order valence-electron chi connectivity index (χ4n) is 0.658. The molecule has 4 nitrogen and oxygen atoms in total. The Morgan fingerprint density at radius 2 is 2.33 bits per heavy atom. The van der Waals surface area contributed by atoms with Crippen molar-refractivity contribution in [3.8, 4) is 0 Å². The van der Waals surface area contributed by atoms with E-state index in [4.69, 9.17) is 22.4 Å². The van der Waals surface area contributed by atoms with Gasteiger partial charge in [-0.1, -0.05) is 11.6 Å². The van der Waals surface area contributed by atoms with E-state index >= 15 is 0 Å². The van der Waals surface area contributed by atoms with Crippen LogP contribution in [0.3, 0.4) is 0 Å². The second-order valence-electron chi connectivity index (χ2n) is 2.00. The molecular weight excluding hydrogens is 187 g/mol. The summed E-state index contributed by atoms with van der Waals surface area (Å²) in [5.41, 5.74) is 4.01. The zero-order valence-corrected chi connectivity index (χ0v) is 6.47. The molecule has 1 heterocycles. The predicted octanol–water partition coefficient (Wildman–Crippen LogP) is 1.15. The van der Waals surface area contributed by atoms with E-state index < -0.39 is 17.5 Å². The Morgan fingerprint density at radius 3 is 2.83 bits per heavy atom. The summed E-state index contributed by atoms with van der Waals surface area (Å²) >= 11 is 5.35. The Morgan fingerprint density at radius 1 is 1.75 bits per heavy atom. The van der Waals surface area contributed by atoms with Crippen molar-refractivity contribution < 1.29 is 14.3 Å². The van der Waals surface area contributed by atoms with Gasteiger partial charge in [-0.2, -0.15) is 0 Å². The van der Waals surface area contributed by atoms with Crippen LogP contribution in [0.2, 0.25) is 5.15 Å². The third kappa shape index (κ3) is 1.45. The Labute approximate surface area is 71.8 Å². The summed E-state index contributed by atoms with van der Waals surface area (Å²) in [5, 5.41) is 8.25. The summed E-state index contributed by atoms with van der Waals surface area (Å²) in [5.74, 6) is -2.56. The van der Waals surface area contributed by atoms with E-state index in [1.54, 1.807) is 0 Å². The first-order valence-corrected chi connectivity index (χ1v) is 3.25. The lowest BCUT2D eigenvalue weighted by molar-refractivity contribution is 0.0685. The van der Waals surface area contributed by atoms with E-state index in [2.05, 4.69) is 4.98 Å². The van der Waals surface area contributed by atoms with Crippen LogP contribution in [-0.2, 0) is 0 Å². The van der Waals surface area contributed by atoms with Crippen LogP contribution in [0.25, 0.3) is 0 Å². The first kappa shape index (κ1) is 8.73. The van der Waals surface area contributed by atoms with Crippen molar-refractivity contribution in [2.75, 3.05) is 5.73 Å². The van der Waals surface area contributed by atoms with Crippen LogP contribution in [0, 0.1) is 5.82 Å². The number of rotatable bonds is 1. The minimum absolute atomic E-state index is 0.147. The van der Waals surface area contributed by atoms with E-state index in [9.17, 15) is 9.18 Å². The van der Waals surface area contributed by atoms with Gasteiger partial charge in [0.2, 0.25) is 0 Å². The molecule has 1 rings (SSSR count). The number of carboxylic acid groups (broad SMARTS) is 1. The summed E-state index contributed by atoms with van der Waals surface area (Å²) in [7, 11) is 0. The van der Waals surface area contributed by atoms with Crippen molar-refractivity contribution in [3.63, 3.8) is 0 Å². The highest BCUT2D eigenvalue weighted by atomic mass is 35.5. The summed E-state index contributed by atoms with van der Waals surface area (Å²) in [6.45, 7) is 0. The Kier molecular flexibility index (Phi) is 2.14. The second kappa shape index (κ2) is 2.94. The molecule has 0 saturated carbocycles. The molecule has 3 N–H and O–H groups in total. The standard InChI is InChI=1S/C6H4ClFN2O2/c7-3-1-2(9)4(8)5(10-3)6(11)12/h1H,(H2,9,10)(H,11,12). The lowest BCUT2D eigenvalue weighted by Crippen LogP contribution is -2.07. The maximum absolute atomic E-state index is 12.8. The molecule has 0 aliphatic carbocycles. The summed E-state index contributed by atoms with van der Waals surface area (Å²) < 4.78 is 12.8. The monoisotopic (exact) mass is 190 g/mol. The quantitative estimate of drug-likeness (QED) is 0.652. The van der Waals surface area contributed by atoms with Gasteiger partial charge in [-0.15, -0.1) is 0 Å². The van der Waals surface area contributed by atoms with Gasteiger partial charge in [-0.25, -0.2) is 14.2 Å². The zero-order chi connectivity index (χ0) is 9.30. The highest BCUT2D eigenvalue weighted by molar-refractivity contribution is 6.29. The molecule has 0 aliphatic heterocycles. The number of nitrogens with zero attached hydrogens (tertiary/aromatic N) is 1. The largest absolute Gasteiger partial charge is 0.476 e. The number of hydrogen-bond acceptors (Lipinski definition) is 3. The third-order valence-corrected chi connectivity index (χ3v) is 1.35. The van der Waals surface area contributed by atoms with Gasteiger partial charge in [-0.05, 0) is 0 Å². The molecule has 64 valence electrons. The first-order chi connectivity index (χ1) is 5.52. The van der Waals surface area contributed by atoms with Crippen molar-refractivity contribution >= 4 is 23.3 Å². The Hall–Kier alpha value is -1.36. The van der Waals surface area contributed by atoms with Crippen LogP contribution < -0.4 is 5.73 Å². The van der Waals surface area contributed by atoms with Gasteiger partial charge in [0, 0.05) is 6.07 Å². The summed E-state index contributed by atoms with van der Waals surface area (Å²) in [4.78, 5) is 13.6. The number of carboxylic acids is 1. The number of carbonyl (C=O) groups is 1. The van der Waals surface area contributed by atoms with Gasteiger partial charge in [0.05, 0.1) is 5.69 Å². The number of hydrogen-bond donors (Lipinski definition) is 2. The molecule has 0 aliphatic rings. The number of halogens is 2. The molecule has 0 atom stereocenters. The lowest BCUT2D eigenvalue weighted by atomic mass is 10.3. The molecule has 0 saturated heterocycles. The number of aromatic nitrogens is 1. The molecule has 0 radical (unpaired) electrons. The molecule has 0 spiro atoms. The number of aromatic carboxylic acids is 1. The minimum atomic E-state index is -1.50. The third-order valence-electron chi connectivity index (χ3n) is 1.16. The molecule has 1 aromatic rings. The van der Waals surface area contributed by atoms with E-state index in [-0.39, 0.29) is 10.8 Å². The van der Waals surface area contributed by atoms with Crippen LogP contribution >= 0.6 is 11.6 Å². The lowest BCUT2D eigenvalue weighted by Gasteiger charge is -2.00. The number of nitrogen functional groups attached to an aromatic ring is 1. The van der Waals surface area contributed by atoms with E-state index in [0.29, 0.717) is 0 Å². The van der Waals surface area contributed by atoms with Crippen molar-refractivity contribution in [3.05, 3.63) is 22.7 Å². The predicted molar refractivity (Wildman–Crippen MR) is 40.6 cm³/mol. The summed E-state index contributed by atoms with van der Waals surface area (Å²) in [6, 6.07) is 1.04. The highest BCUT2D eigenvalue weighted by Crippen LogP contribution is 2.17. The van der Waals surface area contributed by atoms with Crippen LogP contribution in [0.4, 0.5) is 10.1 Å². The van der Waals surface area contributed by atoms with E-state index in [0.717, 1.165) is 6.07 Å². The first-order valence-electron chi connectivity index (χ1n) is 2.87. The fraction of sp³-hybridized carbons (Fsp3) is 0. The SMILES string of the molecule is Nc1cc(Cl)nc(C(=O)O)c1F. The normalized spacial score (nSPS) is 9.83. The molecule has 0 unspecified atom stereocenters. The Bertz CT molecular complexity index is 343. The van der Waals surface area contributed by atoms with Crippen molar-refractivity contribution in [2.45, 2.75) is 0 Å². The van der Waals surface area contributed by atoms with Crippen LogP contribution in [0.5, 0.6) is 0 Å². The van der Waals surface area contributed by atoms with Gasteiger partial charge in [0.1, 0.15) is 5.15 Å². The molecule has 0 aromatic carbocycles. The van der Waals surface area contributed by atoms with Crippen molar-refractivity contribution in [1.82, 2.24) is 4.98 Å². The average molecular weight is 191 g/mol. The number of nitrogens with two attached hydrogens (primary N) is 1. The Balaban J connectivity index is 3.37. The molecule has 6 heteroatoms. The van der Waals surface area contributed by atoms with Gasteiger partial charge >= 0.3 is 5.97 Å². The minimum Gasteiger partial charge on any atom is -0.476 e. The number of pyridine rings is 1. The molecule has 1 aromatic heterocycles. The number of anilines is 1. The van der Waals surface area contributed by atoms with Crippen LogP contribution in [0.15, 0.2) is 6.07 Å². The molecule has 0 amide bonds. The highest BCUT2D eigenvalue weighted by Gasteiger charge is 2.15. The average Bonchev–Trinajstić information content (AvgIpc) is 1.96. The molecular formula is C6H4ClFN2O2. The van der Waals surface area contributed by atoms with Crippen molar-refractivity contribution in [1.29, 1.82) is 0 Å². The fourth-order valence-corrected chi connectivity index (χ4v) is 0.860. The van der Waals surface area contributed by atoms with Gasteiger partial charge in [-0.3, -0.25) is 0 Å². The molecule has 12 heavy (non-hydrogen) atoms. The van der Waals surface area contributed by atoms with Gasteiger partial charge in [0.25, 0.3) is 0 Å². The molecule has 0 fully saturated rings. The topological polar surface area (TPSA) is 76.2 Å². The zero-order valence-electron chi connectivity index (χ0n) is 5.71. The second-order valence-corrected chi connectivity index (χ2v) is 2.39. The van der Waals surface area contributed by atoms with Gasteiger partial charge in [0.15, 0.2) is 11.5 Å². The molecule has 0 bridgehead atoms. The van der Waals surface area contributed by atoms with Crippen LogP contribution in [0.1, 0.15) is 10.5 Å². The maximum Gasteiger partial charge on any atom is 0.357 e. The van der Waals surface area contributed by atoms with E-state index in [1.165, 1.54) is 0 Å². The van der Waals surface area contributed by atoms with E-state index in [1.807, 2.05) is 0 Å². The maximum atomic E-state index is 12.8. The van der Waals surface area contributed by atoms with Gasteiger partial charge < -0.3 is 10.8 Å². The van der Waals surface area contributed by atoms with Crippen LogP contribution in [-0.4, -0.2) is 16.1 Å². The van der Waals surface area contributed by atoms with Crippen molar-refractivity contribution in [2.24, 2.45) is 0 Å².